The summed E-state index contributed by atoms with van der Waals surface area (Å²) in [6, 6.07) is 5.61. The number of anilines is 1. The molecule has 110 valence electrons. The number of carbonyl (C=O) groups is 1. The highest BCUT2D eigenvalue weighted by molar-refractivity contribution is 7.92. The highest BCUT2D eigenvalue weighted by atomic mass is 35.5. The largest absolute Gasteiger partial charge is 0.366 e. The molecule has 1 amide bonds. The smallest absolute Gasteiger partial charge is 0.263 e. The number of pyridine rings is 1. The van der Waals surface area contributed by atoms with Crippen molar-refractivity contribution >= 4 is 33.2 Å². The first-order valence-corrected chi connectivity index (χ1v) is 7.39. The molecule has 9 heteroatoms. The molecule has 3 N–H and O–H groups in total. The van der Waals surface area contributed by atoms with Crippen molar-refractivity contribution in [2.75, 3.05) is 4.72 Å². The maximum atomic E-state index is 13.6. The molecule has 2 rings (SSSR count). The number of nitrogens with two attached hydrogens (primary N) is 1. The van der Waals surface area contributed by atoms with Crippen LogP contribution in [0, 0.1) is 5.82 Å². The summed E-state index contributed by atoms with van der Waals surface area (Å²) in [5, 5.41) is 0.121. The molecule has 0 fully saturated rings. The summed E-state index contributed by atoms with van der Waals surface area (Å²) in [5.41, 5.74) is 4.65. The van der Waals surface area contributed by atoms with Gasteiger partial charge in [0.1, 0.15) is 15.9 Å². The molecule has 1 heterocycles. The van der Waals surface area contributed by atoms with Crippen LogP contribution < -0.4 is 10.5 Å². The number of halogens is 2. The number of nitrogens with one attached hydrogen (secondary N) is 1. The predicted molar refractivity (Wildman–Crippen MR) is 75.0 cm³/mol. The molecule has 0 bridgehead atoms. The fourth-order valence-corrected chi connectivity index (χ4v) is 2.60. The van der Waals surface area contributed by atoms with Crippen LogP contribution in [0.1, 0.15) is 10.4 Å². The summed E-state index contributed by atoms with van der Waals surface area (Å²) in [5.74, 6) is -1.64. The van der Waals surface area contributed by atoms with Crippen LogP contribution in [-0.2, 0) is 10.0 Å². The predicted octanol–water partition coefficient (Wildman–Crippen LogP) is 1.77. The van der Waals surface area contributed by atoms with E-state index >= 15 is 0 Å². The van der Waals surface area contributed by atoms with E-state index < -0.39 is 21.7 Å². The van der Waals surface area contributed by atoms with Gasteiger partial charge in [-0.3, -0.25) is 9.52 Å². The molecule has 1 aromatic heterocycles. The lowest BCUT2D eigenvalue weighted by atomic mass is 10.2. The minimum absolute atomic E-state index is 0.0247. The third kappa shape index (κ3) is 3.47. The Kier molecular flexibility index (Phi) is 4.10. The first-order chi connectivity index (χ1) is 9.79. The number of hydrogen-bond donors (Lipinski definition) is 2. The second kappa shape index (κ2) is 5.66. The molecule has 0 atom stereocenters. The summed E-state index contributed by atoms with van der Waals surface area (Å²) in [4.78, 5) is 14.5. The van der Waals surface area contributed by atoms with E-state index in [1.165, 1.54) is 12.1 Å². The average molecular weight is 330 g/mol. The number of hydrogen-bond acceptors (Lipinski definition) is 4. The maximum absolute atomic E-state index is 13.6. The highest BCUT2D eigenvalue weighted by Gasteiger charge is 2.17. The van der Waals surface area contributed by atoms with Gasteiger partial charge in [-0.1, -0.05) is 11.6 Å². The summed E-state index contributed by atoms with van der Waals surface area (Å²) in [6.07, 6.45) is 1.03. The Morgan fingerprint density at radius 3 is 2.57 bits per heavy atom. The highest BCUT2D eigenvalue weighted by Crippen LogP contribution is 2.20. The topological polar surface area (TPSA) is 102 Å². The van der Waals surface area contributed by atoms with Crippen LogP contribution in [0.25, 0.3) is 0 Å². The lowest BCUT2D eigenvalue weighted by Gasteiger charge is -2.09. The molecule has 2 aromatic rings. The number of sulfonamides is 1. The minimum Gasteiger partial charge on any atom is -0.366 e. The van der Waals surface area contributed by atoms with E-state index in [1.807, 2.05) is 4.72 Å². The summed E-state index contributed by atoms with van der Waals surface area (Å²) >= 11 is 5.57. The Hall–Kier alpha value is -2.19. The first kappa shape index (κ1) is 15.2. The van der Waals surface area contributed by atoms with E-state index in [4.69, 9.17) is 17.3 Å². The lowest BCUT2D eigenvalue weighted by Crippen LogP contribution is -2.16. The van der Waals surface area contributed by atoms with E-state index in [1.54, 1.807) is 0 Å². The molecule has 0 saturated heterocycles. The van der Waals surface area contributed by atoms with Crippen molar-refractivity contribution in [2.45, 2.75) is 4.90 Å². The molecule has 21 heavy (non-hydrogen) atoms. The Labute approximate surface area is 124 Å². The van der Waals surface area contributed by atoms with Crippen molar-refractivity contribution < 1.29 is 17.6 Å². The molecule has 6 nitrogen and oxygen atoms in total. The molecule has 0 saturated carbocycles. The van der Waals surface area contributed by atoms with Gasteiger partial charge in [-0.05, 0) is 30.3 Å². The second-order valence-corrected chi connectivity index (χ2v) is 6.05. The summed E-state index contributed by atoms with van der Waals surface area (Å²) < 4.78 is 39.8. The number of rotatable bonds is 4. The summed E-state index contributed by atoms with van der Waals surface area (Å²) in [6.45, 7) is 0. The Morgan fingerprint density at radius 1 is 1.29 bits per heavy atom. The van der Waals surface area contributed by atoms with Crippen molar-refractivity contribution in [3.63, 3.8) is 0 Å². The van der Waals surface area contributed by atoms with Gasteiger partial charge in [0.15, 0.2) is 0 Å². The van der Waals surface area contributed by atoms with E-state index in [0.29, 0.717) is 0 Å². The maximum Gasteiger partial charge on any atom is 0.263 e. The fourth-order valence-electron chi connectivity index (χ4n) is 1.48. The molecule has 0 aliphatic carbocycles. The molecule has 0 radical (unpaired) electrons. The number of primary amides is 1. The van der Waals surface area contributed by atoms with Crippen LogP contribution in [0.3, 0.4) is 0 Å². The van der Waals surface area contributed by atoms with Crippen LogP contribution in [0.4, 0.5) is 10.1 Å². The van der Waals surface area contributed by atoms with Gasteiger partial charge in [0.25, 0.3) is 10.0 Å². The third-order valence-electron chi connectivity index (χ3n) is 2.51. The van der Waals surface area contributed by atoms with Gasteiger partial charge in [-0.15, -0.1) is 0 Å². The Morgan fingerprint density at radius 2 is 2.00 bits per heavy atom. The lowest BCUT2D eigenvalue weighted by molar-refractivity contribution is 0.100. The van der Waals surface area contributed by atoms with Gasteiger partial charge >= 0.3 is 0 Å². The first-order valence-electron chi connectivity index (χ1n) is 5.53. The van der Waals surface area contributed by atoms with Crippen LogP contribution in [0.5, 0.6) is 0 Å². The average Bonchev–Trinajstić information content (AvgIpc) is 2.41. The van der Waals surface area contributed by atoms with Gasteiger partial charge in [0, 0.05) is 11.8 Å². The summed E-state index contributed by atoms with van der Waals surface area (Å²) in [7, 11) is -4.06. The second-order valence-electron chi connectivity index (χ2n) is 3.98. The van der Waals surface area contributed by atoms with Crippen molar-refractivity contribution in [1.82, 2.24) is 4.98 Å². The van der Waals surface area contributed by atoms with E-state index in [9.17, 15) is 17.6 Å². The van der Waals surface area contributed by atoms with Crippen LogP contribution >= 0.6 is 11.6 Å². The normalized spacial score (nSPS) is 11.1. The van der Waals surface area contributed by atoms with Crippen LogP contribution in [0.2, 0.25) is 5.15 Å². The number of nitrogens with zero attached hydrogens (tertiary/aromatic N) is 1. The molecular weight excluding hydrogens is 321 g/mol. The van der Waals surface area contributed by atoms with E-state index in [-0.39, 0.29) is 21.3 Å². The van der Waals surface area contributed by atoms with Crippen LogP contribution in [-0.4, -0.2) is 19.3 Å². The molecule has 1 aromatic carbocycles. The number of amides is 1. The van der Waals surface area contributed by atoms with Crippen molar-refractivity contribution in [1.29, 1.82) is 0 Å². The zero-order valence-corrected chi connectivity index (χ0v) is 12.0. The van der Waals surface area contributed by atoms with Crippen LogP contribution in [0.15, 0.2) is 41.4 Å². The Bertz CT molecular complexity index is 794. The van der Waals surface area contributed by atoms with Crippen molar-refractivity contribution in [3.05, 3.63) is 53.1 Å². The quantitative estimate of drug-likeness (QED) is 0.834. The van der Waals surface area contributed by atoms with Crippen molar-refractivity contribution in [3.8, 4) is 0 Å². The number of aromatic nitrogens is 1. The number of carbonyl (C=O) groups excluding carboxylic acids is 1. The van der Waals surface area contributed by atoms with E-state index in [2.05, 4.69) is 4.98 Å². The molecule has 0 spiro atoms. The molecular formula is C12H9ClFN3O3S. The van der Waals surface area contributed by atoms with Gasteiger partial charge in [0.05, 0.1) is 5.69 Å². The van der Waals surface area contributed by atoms with Gasteiger partial charge in [0.2, 0.25) is 5.91 Å². The SMILES string of the molecule is NC(=O)c1ccc(F)c(NS(=O)(=O)c2ccc(Cl)nc2)c1. The Balaban J connectivity index is 2.38. The minimum atomic E-state index is -4.06. The zero-order chi connectivity index (χ0) is 15.6. The van der Waals surface area contributed by atoms with Gasteiger partial charge in [-0.2, -0.15) is 0 Å². The number of benzene rings is 1. The monoisotopic (exact) mass is 329 g/mol. The standard InChI is InChI=1S/C12H9ClFN3O3S/c13-11-4-2-8(6-16-11)21(19,20)17-10-5-7(12(15)18)1-3-9(10)14/h1-6,17H,(H2,15,18). The fraction of sp³-hybridized carbons (Fsp3) is 0. The van der Waals surface area contributed by atoms with E-state index in [0.717, 1.165) is 24.4 Å². The van der Waals surface area contributed by atoms with Gasteiger partial charge in [-0.25, -0.2) is 17.8 Å². The molecule has 0 aliphatic heterocycles. The zero-order valence-electron chi connectivity index (χ0n) is 10.4. The van der Waals surface area contributed by atoms with Gasteiger partial charge < -0.3 is 5.73 Å². The molecule has 0 unspecified atom stereocenters. The molecule has 0 aliphatic rings. The third-order valence-corrected chi connectivity index (χ3v) is 4.08. The van der Waals surface area contributed by atoms with Crippen molar-refractivity contribution in [2.24, 2.45) is 5.73 Å².